The van der Waals surface area contributed by atoms with Crippen LogP contribution in [0.5, 0.6) is 0 Å². The van der Waals surface area contributed by atoms with Crippen molar-refractivity contribution >= 4 is 22.9 Å². The Hall–Kier alpha value is -2.74. The zero-order valence-corrected chi connectivity index (χ0v) is 17.6. The summed E-state index contributed by atoms with van der Waals surface area (Å²) < 4.78 is 16.0. The van der Waals surface area contributed by atoms with E-state index in [1.807, 2.05) is 38.1 Å². The van der Waals surface area contributed by atoms with E-state index in [1.165, 1.54) is 17.4 Å². The Morgan fingerprint density at radius 3 is 2.93 bits per heavy atom. The molecule has 6 nitrogen and oxygen atoms in total. The van der Waals surface area contributed by atoms with Gasteiger partial charge in [-0.3, -0.25) is 9.48 Å². The number of benzene rings is 1. The first kappa shape index (κ1) is 19.6. The minimum absolute atomic E-state index is 0.0282. The second-order valence-corrected chi connectivity index (χ2v) is 8.55. The summed E-state index contributed by atoms with van der Waals surface area (Å²) in [6.07, 6.45) is 5.41. The highest BCUT2D eigenvalue weighted by atomic mass is 32.1. The van der Waals surface area contributed by atoms with Gasteiger partial charge >= 0.3 is 0 Å². The third-order valence-electron chi connectivity index (χ3n) is 5.15. The molecule has 1 saturated heterocycles. The molecular formula is C21H24FN5OS. The summed E-state index contributed by atoms with van der Waals surface area (Å²) in [6, 6.07) is 5.12. The fraction of sp³-hybridized carbons (Fsp3) is 0.381. The second-order valence-electron chi connectivity index (χ2n) is 7.55. The number of amides is 1. The van der Waals surface area contributed by atoms with E-state index >= 15 is 0 Å². The lowest BCUT2D eigenvalue weighted by atomic mass is 10.0. The third kappa shape index (κ3) is 4.17. The minimum atomic E-state index is -0.220. The maximum atomic E-state index is 14.3. The molecule has 0 saturated carbocycles. The topological polar surface area (TPSA) is 63.1 Å². The summed E-state index contributed by atoms with van der Waals surface area (Å²) in [5.41, 5.74) is 3.25. The number of aryl methyl sites for hydroxylation is 3. The van der Waals surface area contributed by atoms with E-state index in [0.717, 1.165) is 35.5 Å². The van der Waals surface area contributed by atoms with E-state index in [2.05, 4.69) is 15.4 Å². The average Bonchev–Trinajstić information content (AvgIpc) is 3.29. The number of rotatable bonds is 4. The van der Waals surface area contributed by atoms with E-state index in [9.17, 15) is 9.18 Å². The number of anilines is 1. The van der Waals surface area contributed by atoms with Crippen LogP contribution in [0.25, 0.3) is 10.6 Å². The molecule has 0 radical (unpaired) electrons. The van der Waals surface area contributed by atoms with Gasteiger partial charge in [-0.15, -0.1) is 11.3 Å². The van der Waals surface area contributed by atoms with Crippen molar-refractivity contribution in [1.29, 1.82) is 0 Å². The van der Waals surface area contributed by atoms with Crippen LogP contribution < -0.4 is 10.2 Å². The maximum absolute atomic E-state index is 14.3. The van der Waals surface area contributed by atoms with Crippen LogP contribution in [-0.2, 0) is 7.05 Å². The number of thiazole rings is 1. The summed E-state index contributed by atoms with van der Waals surface area (Å²) in [5.74, 6) is -0.339. The van der Waals surface area contributed by atoms with Gasteiger partial charge in [0.25, 0.3) is 5.91 Å². The molecule has 0 bridgehead atoms. The Kier molecular flexibility index (Phi) is 5.36. The molecule has 4 rings (SSSR count). The van der Waals surface area contributed by atoms with Crippen molar-refractivity contribution < 1.29 is 9.18 Å². The van der Waals surface area contributed by atoms with Crippen LogP contribution in [0.15, 0.2) is 30.6 Å². The molecule has 1 unspecified atom stereocenters. The molecule has 152 valence electrons. The predicted molar refractivity (Wildman–Crippen MR) is 113 cm³/mol. The zero-order chi connectivity index (χ0) is 20.5. The quantitative estimate of drug-likeness (QED) is 0.708. The Bertz CT molecular complexity index is 1040. The monoisotopic (exact) mass is 413 g/mol. The molecule has 1 aromatic carbocycles. The van der Waals surface area contributed by atoms with Crippen LogP contribution in [0.1, 0.15) is 33.8 Å². The minimum Gasteiger partial charge on any atom is -0.367 e. The van der Waals surface area contributed by atoms with Gasteiger partial charge in [0.05, 0.1) is 17.6 Å². The Morgan fingerprint density at radius 1 is 1.34 bits per heavy atom. The highest BCUT2D eigenvalue weighted by Crippen LogP contribution is 2.28. The number of nitrogens with zero attached hydrogens (tertiary/aromatic N) is 4. The molecule has 0 aliphatic carbocycles. The standard InChI is InChI=1S/C21H24FN5OS/c1-13-6-7-17(22)18(9-13)27-8-4-5-16(12-27)25-20(28)19-14(2)24-21(29-19)15-10-23-26(3)11-15/h6-7,9-11,16H,4-5,8,12H2,1-3H3,(H,25,28). The lowest BCUT2D eigenvalue weighted by Crippen LogP contribution is -2.48. The Balaban J connectivity index is 1.47. The van der Waals surface area contributed by atoms with Crippen molar-refractivity contribution in [3.63, 3.8) is 0 Å². The summed E-state index contributed by atoms with van der Waals surface area (Å²) in [6.45, 7) is 5.19. The normalized spacial score (nSPS) is 16.8. The fourth-order valence-corrected chi connectivity index (χ4v) is 4.64. The van der Waals surface area contributed by atoms with Gasteiger partial charge in [-0.2, -0.15) is 5.10 Å². The van der Waals surface area contributed by atoms with E-state index in [-0.39, 0.29) is 17.8 Å². The van der Waals surface area contributed by atoms with Gasteiger partial charge in [0.1, 0.15) is 15.7 Å². The largest absolute Gasteiger partial charge is 0.367 e. The van der Waals surface area contributed by atoms with Gasteiger partial charge in [-0.05, 0) is 44.4 Å². The first-order chi connectivity index (χ1) is 13.9. The third-order valence-corrected chi connectivity index (χ3v) is 6.36. The van der Waals surface area contributed by atoms with Crippen LogP contribution in [-0.4, -0.2) is 39.8 Å². The fourth-order valence-electron chi connectivity index (χ4n) is 3.69. The van der Waals surface area contributed by atoms with Crippen molar-refractivity contribution in [2.45, 2.75) is 32.7 Å². The van der Waals surface area contributed by atoms with Crippen LogP contribution in [0, 0.1) is 19.7 Å². The number of hydrogen-bond donors (Lipinski definition) is 1. The molecule has 0 spiro atoms. The summed E-state index contributed by atoms with van der Waals surface area (Å²) in [7, 11) is 1.85. The number of hydrogen-bond acceptors (Lipinski definition) is 5. The molecule has 1 aliphatic rings. The lowest BCUT2D eigenvalue weighted by molar-refractivity contribution is 0.0936. The van der Waals surface area contributed by atoms with Gasteiger partial charge in [-0.1, -0.05) is 6.07 Å². The highest BCUT2D eigenvalue weighted by molar-refractivity contribution is 7.17. The number of aromatic nitrogens is 3. The molecule has 1 N–H and O–H groups in total. The van der Waals surface area contributed by atoms with Crippen molar-refractivity contribution in [3.8, 4) is 10.6 Å². The molecule has 3 heterocycles. The van der Waals surface area contributed by atoms with E-state index in [1.54, 1.807) is 16.9 Å². The smallest absolute Gasteiger partial charge is 0.263 e. The number of carbonyl (C=O) groups is 1. The Labute approximate surface area is 173 Å². The number of piperidine rings is 1. The second kappa shape index (κ2) is 7.94. The van der Waals surface area contributed by atoms with Crippen molar-refractivity contribution in [3.05, 3.63) is 52.5 Å². The summed E-state index contributed by atoms with van der Waals surface area (Å²) >= 11 is 1.37. The molecular weight excluding hydrogens is 389 g/mol. The molecule has 2 aromatic heterocycles. The van der Waals surface area contributed by atoms with Crippen LogP contribution in [0.2, 0.25) is 0 Å². The van der Waals surface area contributed by atoms with Gasteiger partial charge in [0.15, 0.2) is 0 Å². The van der Waals surface area contributed by atoms with E-state index in [0.29, 0.717) is 22.8 Å². The summed E-state index contributed by atoms with van der Waals surface area (Å²) in [4.78, 5) is 20.1. The SMILES string of the molecule is Cc1ccc(F)c(N2CCCC(NC(=O)c3sc(-c4cnn(C)c4)nc3C)C2)c1. The van der Waals surface area contributed by atoms with Crippen LogP contribution >= 0.6 is 11.3 Å². The van der Waals surface area contributed by atoms with Gasteiger partial charge in [0.2, 0.25) is 0 Å². The molecule has 1 amide bonds. The van der Waals surface area contributed by atoms with E-state index < -0.39 is 0 Å². The molecule has 1 atom stereocenters. The van der Waals surface area contributed by atoms with Crippen molar-refractivity contribution in [1.82, 2.24) is 20.1 Å². The molecule has 3 aromatic rings. The van der Waals surface area contributed by atoms with Crippen molar-refractivity contribution in [2.24, 2.45) is 7.05 Å². The first-order valence-electron chi connectivity index (χ1n) is 9.69. The molecule has 1 aliphatic heterocycles. The highest BCUT2D eigenvalue weighted by Gasteiger charge is 2.25. The molecule has 8 heteroatoms. The maximum Gasteiger partial charge on any atom is 0.263 e. The Morgan fingerprint density at radius 2 is 2.17 bits per heavy atom. The van der Waals surface area contributed by atoms with Crippen LogP contribution in [0.4, 0.5) is 10.1 Å². The van der Waals surface area contributed by atoms with Gasteiger partial charge in [0, 0.05) is 37.9 Å². The molecule has 29 heavy (non-hydrogen) atoms. The van der Waals surface area contributed by atoms with E-state index in [4.69, 9.17) is 0 Å². The van der Waals surface area contributed by atoms with Gasteiger partial charge < -0.3 is 10.2 Å². The zero-order valence-electron chi connectivity index (χ0n) is 16.8. The van der Waals surface area contributed by atoms with Crippen molar-refractivity contribution in [2.75, 3.05) is 18.0 Å². The number of nitrogens with one attached hydrogen (secondary N) is 1. The summed E-state index contributed by atoms with van der Waals surface area (Å²) in [5, 5.41) is 8.08. The van der Waals surface area contributed by atoms with Crippen LogP contribution in [0.3, 0.4) is 0 Å². The molecule has 1 fully saturated rings. The van der Waals surface area contributed by atoms with Gasteiger partial charge in [-0.25, -0.2) is 9.37 Å². The average molecular weight is 414 g/mol. The number of carbonyl (C=O) groups excluding carboxylic acids is 1. The lowest BCUT2D eigenvalue weighted by Gasteiger charge is -2.35. The number of halogens is 1. The first-order valence-corrected chi connectivity index (χ1v) is 10.5. The predicted octanol–water partition coefficient (Wildman–Crippen LogP) is 3.70.